The summed E-state index contributed by atoms with van der Waals surface area (Å²) >= 11 is 5.94. The van der Waals surface area contributed by atoms with Gasteiger partial charge in [-0.1, -0.05) is 35.9 Å². The zero-order chi connectivity index (χ0) is 16.7. The number of aliphatic hydroxyl groups excluding tert-OH is 1. The molecule has 0 fully saturated rings. The van der Waals surface area contributed by atoms with Crippen LogP contribution in [0.5, 0.6) is 0 Å². The van der Waals surface area contributed by atoms with Crippen LogP contribution in [0.15, 0.2) is 48.5 Å². The number of rotatable bonds is 8. The number of halogens is 1. The molecule has 0 saturated heterocycles. The zero-order valence-electron chi connectivity index (χ0n) is 13.0. The van der Waals surface area contributed by atoms with Gasteiger partial charge in [0.15, 0.2) is 0 Å². The van der Waals surface area contributed by atoms with Crippen LogP contribution in [0.4, 0.5) is 5.69 Å². The smallest absolute Gasteiger partial charge is 0.211 e. The number of benzene rings is 2. The van der Waals surface area contributed by atoms with Crippen LogP contribution < -0.4 is 10.6 Å². The number of amides is 1. The second-order valence-electron chi connectivity index (χ2n) is 5.54. The van der Waals surface area contributed by atoms with E-state index in [0.717, 1.165) is 17.7 Å². The first-order chi connectivity index (χ1) is 11.1. The van der Waals surface area contributed by atoms with Crippen molar-refractivity contribution < 1.29 is 9.90 Å². The molecule has 0 radical (unpaired) electrons. The Bertz CT molecular complexity index is 631. The zero-order valence-corrected chi connectivity index (χ0v) is 13.8. The summed E-state index contributed by atoms with van der Waals surface area (Å²) in [5.74, 6) is 0. The van der Waals surface area contributed by atoms with E-state index in [1.165, 1.54) is 5.56 Å². The third kappa shape index (κ3) is 5.67. The lowest BCUT2D eigenvalue weighted by Crippen LogP contribution is -2.32. The largest absolute Gasteiger partial charge is 0.387 e. The molecule has 5 heteroatoms. The first-order valence-corrected chi connectivity index (χ1v) is 7.92. The molecule has 4 nitrogen and oxygen atoms in total. The Morgan fingerprint density at radius 1 is 1.22 bits per heavy atom. The first-order valence-electron chi connectivity index (χ1n) is 7.54. The van der Waals surface area contributed by atoms with Crippen LogP contribution in [0.1, 0.15) is 24.2 Å². The van der Waals surface area contributed by atoms with E-state index in [2.05, 4.69) is 17.6 Å². The Kier molecular flexibility index (Phi) is 6.59. The number of anilines is 1. The molecule has 0 aliphatic rings. The number of hydrogen-bond donors (Lipinski definition) is 3. The third-order valence-corrected chi connectivity index (χ3v) is 3.85. The first kappa shape index (κ1) is 17.5. The van der Waals surface area contributed by atoms with Crippen LogP contribution in [0.2, 0.25) is 5.02 Å². The van der Waals surface area contributed by atoms with Crippen molar-refractivity contribution in [3.63, 3.8) is 0 Å². The number of carbonyl (C=O) groups excluding carboxylic acids is 1. The maximum atomic E-state index is 10.4. The van der Waals surface area contributed by atoms with E-state index in [1.54, 1.807) is 12.1 Å². The highest BCUT2D eigenvalue weighted by atomic mass is 35.5. The predicted molar refractivity (Wildman–Crippen MR) is 93.7 cm³/mol. The summed E-state index contributed by atoms with van der Waals surface area (Å²) in [6.45, 7) is 2.54. The van der Waals surface area contributed by atoms with E-state index >= 15 is 0 Å². The summed E-state index contributed by atoms with van der Waals surface area (Å²) in [5, 5.41) is 16.8. The van der Waals surface area contributed by atoms with E-state index in [1.807, 2.05) is 36.4 Å². The van der Waals surface area contributed by atoms with Crippen LogP contribution in [-0.2, 0) is 11.2 Å². The van der Waals surface area contributed by atoms with E-state index in [0.29, 0.717) is 18.0 Å². The van der Waals surface area contributed by atoms with Crippen LogP contribution in [0.3, 0.4) is 0 Å². The van der Waals surface area contributed by atoms with Gasteiger partial charge in [-0.15, -0.1) is 0 Å². The lowest BCUT2D eigenvalue weighted by Gasteiger charge is -2.18. The van der Waals surface area contributed by atoms with Gasteiger partial charge >= 0.3 is 0 Å². The van der Waals surface area contributed by atoms with Crippen molar-refractivity contribution in [1.29, 1.82) is 0 Å². The number of hydrogen-bond acceptors (Lipinski definition) is 3. The molecular formula is C18H21ClN2O2. The minimum Gasteiger partial charge on any atom is -0.387 e. The molecule has 2 atom stereocenters. The van der Waals surface area contributed by atoms with Gasteiger partial charge in [0.25, 0.3) is 0 Å². The summed E-state index contributed by atoms with van der Waals surface area (Å²) in [7, 11) is 0. The topological polar surface area (TPSA) is 61.4 Å². The highest BCUT2D eigenvalue weighted by molar-refractivity contribution is 6.30. The lowest BCUT2D eigenvalue weighted by atomic mass is 10.1. The number of aliphatic hydroxyl groups is 1. The Balaban J connectivity index is 1.82. The molecule has 1 amide bonds. The van der Waals surface area contributed by atoms with Gasteiger partial charge in [0.2, 0.25) is 6.41 Å². The maximum absolute atomic E-state index is 10.4. The average molecular weight is 333 g/mol. The van der Waals surface area contributed by atoms with Crippen LogP contribution >= 0.6 is 11.6 Å². The van der Waals surface area contributed by atoms with Crippen LogP contribution in [0.25, 0.3) is 0 Å². The molecule has 0 aromatic heterocycles. The van der Waals surface area contributed by atoms with E-state index in [-0.39, 0.29) is 6.04 Å². The molecule has 2 aromatic rings. The summed E-state index contributed by atoms with van der Waals surface area (Å²) in [5.41, 5.74) is 2.75. The SMILES string of the molecule is CC(Cc1ccc(NC=O)cc1)NCC(O)c1cccc(Cl)c1. The normalized spacial score (nSPS) is 13.3. The van der Waals surface area contributed by atoms with Gasteiger partial charge in [-0.05, 0) is 48.7 Å². The minimum atomic E-state index is -0.588. The molecule has 122 valence electrons. The lowest BCUT2D eigenvalue weighted by molar-refractivity contribution is -0.105. The monoisotopic (exact) mass is 332 g/mol. The second kappa shape index (κ2) is 8.67. The summed E-state index contributed by atoms with van der Waals surface area (Å²) in [4.78, 5) is 10.4. The van der Waals surface area contributed by atoms with E-state index in [9.17, 15) is 9.90 Å². The fourth-order valence-corrected chi connectivity index (χ4v) is 2.57. The highest BCUT2D eigenvalue weighted by Gasteiger charge is 2.10. The number of carbonyl (C=O) groups is 1. The summed E-state index contributed by atoms with van der Waals surface area (Å²) < 4.78 is 0. The van der Waals surface area contributed by atoms with Crippen molar-refractivity contribution >= 4 is 23.7 Å². The average Bonchev–Trinajstić information content (AvgIpc) is 2.55. The van der Waals surface area contributed by atoms with Gasteiger partial charge in [-0.2, -0.15) is 0 Å². The number of nitrogens with one attached hydrogen (secondary N) is 2. The fourth-order valence-electron chi connectivity index (χ4n) is 2.38. The second-order valence-corrected chi connectivity index (χ2v) is 5.98. The molecule has 23 heavy (non-hydrogen) atoms. The molecule has 2 rings (SSSR count). The minimum absolute atomic E-state index is 0.216. The molecule has 0 spiro atoms. The highest BCUT2D eigenvalue weighted by Crippen LogP contribution is 2.17. The van der Waals surface area contributed by atoms with Crippen LogP contribution in [0, 0.1) is 0 Å². The molecular weight excluding hydrogens is 312 g/mol. The van der Waals surface area contributed by atoms with Gasteiger partial charge in [0.05, 0.1) is 6.10 Å². The van der Waals surface area contributed by atoms with Gasteiger partial charge in [0.1, 0.15) is 0 Å². The van der Waals surface area contributed by atoms with Crippen molar-refractivity contribution in [2.75, 3.05) is 11.9 Å². The molecule has 0 heterocycles. The summed E-state index contributed by atoms with van der Waals surface area (Å²) in [6, 6.07) is 15.2. The van der Waals surface area contributed by atoms with Crippen molar-refractivity contribution in [3.05, 3.63) is 64.7 Å². The predicted octanol–water partition coefficient (Wildman–Crippen LogP) is 3.16. The van der Waals surface area contributed by atoms with Crippen molar-refractivity contribution in [2.24, 2.45) is 0 Å². The van der Waals surface area contributed by atoms with E-state index in [4.69, 9.17) is 11.6 Å². The molecule has 3 N–H and O–H groups in total. The van der Waals surface area contributed by atoms with Crippen LogP contribution in [-0.4, -0.2) is 24.1 Å². The molecule has 0 aliphatic heterocycles. The van der Waals surface area contributed by atoms with Crippen molar-refractivity contribution in [1.82, 2.24) is 5.32 Å². The molecule has 2 unspecified atom stereocenters. The fraction of sp³-hybridized carbons (Fsp3) is 0.278. The van der Waals surface area contributed by atoms with Gasteiger partial charge < -0.3 is 15.7 Å². The standard InChI is InChI=1S/C18H21ClN2O2/c1-13(9-14-5-7-17(8-6-14)21-12-22)20-11-18(23)15-3-2-4-16(19)10-15/h2-8,10,12-13,18,20,23H,9,11H2,1H3,(H,21,22). The van der Waals surface area contributed by atoms with Gasteiger partial charge in [0, 0.05) is 23.3 Å². The molecule has 2 aromatic carbocycles. The molecule has 0 bridgehead atoms. The Morgan fingerprint density at radius 2 is 1.96 bits per heavy atom. The quantitative estimate of drug-likeness (QED) is 0.651. The summed E-state index contributed by atoms with van der Waals surface area (Å²) in [6.07, 6.45) is 0.912. The Labute approximate surface area is 141 Å². The molecule has 0 aliphatic carbocycles. The maximum Gasteiger partial charge on any atom is 0.211 e. The van der Waals surface area contributed by atoms with Crippen molar-refractivity contribution in [3.8, 4) is 0 Å². The Morgan fingerprint density at radius 3 is 2.61 bits per heavy atom. The Hall–Kier alpha value is -1.88. The molecule has 0 saturated carbocycles. The van der Waals surface area contributed by atoms with E-state index < -0.39 is 6.10 Å². The van der Waals surface area contributed by atoms with Crippen molar-refractivity contribution in [2.45, 2.75) is 25.5 Å². The third-order valence-electron chi connectivity index (χ3n) is 3.61. The van der Waals surface area contributed by atoms with Gasteiger partial charge in [-0.3, -0.25) is 4.79 Å². The van der Waals surface area contributed by atoms with Gasteiger partial charge in [-0.25, -0.2) is 0 Å².